The van der Waals surface area contributed by atoms with E-state index in [1.807, 2.05) is 24.3 Å². The second-order valence-electron chi connectivity index (χ2n) is 7.81. The van der Waals surface area contributed by atoms with Gasteiger partial charge in [-0.25, -0.2) is 8.42 Å². The highest BCUT2D eigenvalue weighted by Crippen LogP contribution is 2.38. The first kappa shape index (κ1) is 21.5. The van der Waals surface area contributed by atoms with E-state index >= 15 is 0 Å². The lowest BCUT2D eigenvalue weighted by atomic mass is 9.78. The standard InChI is InChI=1S/C22H27NO5S/c1-15(2)29(26,27)14-18-13-28-12-11-22(18,25)17-9-7-16(8-10-17)19-5-3-4-6-20(19)21(23)24/h3-10,15,18,25H,11-14H2,1-2H3,(H2,23,24)/t18-,22-/m1/s1. The van der Waals surface area contributed by atoms with Crippen LogP contribution in [0, 0.1) is 5.92 Å². The lowest BCUT2D eigenvalue weighted by Gasteiger charge is -2.40. The molecule has 0 unspecified atom stereocenters. The van der Waals surface area contributed by atoms with Crippen LogP contribution in [-0.4, -0.2) is 43.6 Å². The highest BCUT2D eigenvalue weighted by Gasteiger charge is 2.43. The number of carbonyl (C=O) groups is 1. The maximum absolute atomic E-state index is 12.4. The van der Waals surface area contributed by atoms with Crippen LogP contribution in [0.3, 0.4) is 0 Å². The first-order valence-electron chi connectivity index (χ1n) is 9.66. The van der Waals surface area contributed by atoms with Crippen LogP contribution in [0.25, 0.3) is 11.1 Å². The second-order valence-corrected chi connectivity index (χ2v) is 10.4. The fourth-order valence-electron chi connectivity index (χ4n) is 3.72. The average Bonchev–Trinajstić information content (AvgIpc) is 2.69. The molecule has 1 aliphatic heterocycles. The summed E-state index contributed by atoms with van der Waals surface area (Å²) in [5.41, 5.74) is 6.76. The molecule has 6 nitrogen and oxygen atoms in total. The predicted molar refractivity (Wildman–Crippen MR) is 112 cm³/mol. The van der Waals surface area contributed by atoms with Crippen LogP contribution in [0.1, 0.15) is 36.2 Å². The molecule has 1 fully saturated rings. The number of primary amides is 1. The van der Waals surface area contributed by atoms with Crippen LogP contribution in [-0.2, 0) is 20.2 Å². The Kier molecular flexibility index (Phi) is 6.12. The summed E-state index contributed by atoms with van der Waals surface area (Å²) in [4.78, 5) is 11.7. The summed E-state index contributed by atoms with van der Waals surface area (Å²) in [5, 5.41) is 10.9. The van der Waals surface area contributed by atoms with Gasteiger partial charge in [0.25, 0.3) is 0 Å². The van der Waals surface area contributed by atoms with Crippen LogP contribution in [0.5, 0.6) is 0 Å². The molecule has 3 N–H and O–H groups in total. The highest BCUT2D eigenvalue weighted by molar-refractivity contribution is 7.91. The van der Waals surface area contributed by atoms with Gasteiger partial charge in [0.15, 0.2) is 9.84 Å². The predicted octanol–water partition coefficient (Wildman–Crippen LogP) is 2.50. The van der Waals surface area contributed by atoms with E-state index in [1.54, 1.807) is 38.1 Å². The quantitative estimate of drug-likeness (QED) is 0.751. The number of benzene rings is 2. The Morgan fingerprint density at radius 2 is 1.86 bits per heavy atom. The molecule has 1 saturated heterocycles. The van der Waals surface area contributed by atoms with Gasteiger partial charge >= 0.3 is 0 Å². The summed E-state index contributed by atoms with van der Waals surface area (Å²) < 4.78 is 30.4. The number of carbonyl (C=O) groups excluding carboxylic acids is 1. The third-order valence-electron chi connectivity index (χ3n) is 5.66. The van der Waals surface area contributed by atoms with E-state index < -0.39 is 32.5 Å². The molecule has 156 valence electrons. The molecule has 7 heteroatoms. The third kappa shape index (κ3) is 4.37. The van der Waals surface area contributed by atoms with E-state index in [2.05, 4.69) is 0 Å². The SMILES string of the molecule is CC(C)S(=O)(=O)C[C@H]1COCC[C@@]1(O)c1ccc(-c2ccccc2C(N)=O)cc1. The van der Waals surface area contributed by atoms with Crippen LogP contribution in [0.2, 0.25) is 0 Å². The molecule has 29 heavy (non-hydrogen) atoms. The maximum Gasteiger partial charge on any atom is 0.249 e. The average molecular weight is 418 g/mol. The van der Waals surface area contributed by atoms with Crippen molar-refractivity contribution in [3.05, 3.63) is 59.7 Å². The number of hydrogen-bond donors (Lipinski definition) is 2. The fourth-order valence-corrected chi connectivity index (χ4v) is 5.04. The summed E-state index contributed by atoms with van der Waals surface area (Å²) in [5.74, 6) is -1.19. The zero-order valence-corrected chi connectivity index (χ0v) is 17.5. The largest absolute Gasteiger partial charge is 0.385 e. The third-order valence-corrected chi connectivity index (χ3v) is 7.97. The second kappa shape index (κ2) is 8.26. The van der Waals surface area contributed by atoms with Crippen molar-refractivity contribution in [3.8, 4) is 11.1 Å². The molecule has 2 aromatic carbocycles. The van der Waals surface area contributed by atoms with E-state index in [4.69, 9.17) is 10.5 Å². The van der Waals surface area contributed by atoms with Gasteiger partial charge in [0.1, 0.15) is 0 Å². The molecule has 0 saturated carbocycles. The number of sulfone groups is 1. The van der Waals surface area contributed by atoms with Gasteiger partial charge in [0.05, 0.1) is 23.2 Å². The number of ether oxygens (including phenoxy) is 1. The van der Waals surface area contributed by atoms with Gasteiger partial charge in [0, 0.05) is 24.5 Å². The number of hydrogen-bond acceptors (Lipinski definition) is 5. The van der Waals surface area contributed by atoms with Gasteiger partial charge in [0.2, 0.25) is 5.91 Å². The minimum Gasteiger partial charge on any atom is -0.385 e. The summed E-state index contributed by atoms with van der Waals surface area (Å²) in [6, 6.07) is 14.3. The molecular formula is C22H27NO5S. The molecule has 2 aromatic rings. The Balaban J connectivity index is 1.94. The van der Waals surface area contributed by atoms with Gasteiger partial charge in [-0.1, -0.05) is 42.5 Å². The van der Waals surface area contributed by atoms with Crippen LogP contribution in [0.4, 0.5) is 0 Å². The molecule has 0 spiro atoms. The zero-order chi connectivity index (χ0) is 21.2. The van der Waals surface area contributed by atoms with Crippen molar-refractivity contribution in [3.63, 3.8) is 0 Å². The molecule has 1 amide bonds. The molecule has 1 aliphatic rings. The molecule has 2 atom stereocenters. The van der Waals surface area contributed by atoms with E-state index in [0.29, 0.717) is 29.7 Å². The first-order chi connectivity index (χ1) is 13.6. The zero-order valence-electron chi connectivity index (χ0n) is 16.7. The fraction of sp³-hybridized carbons (Fsp3) is 0.409. The topological polar surface area (TPSA) is 107 Å². The molecule has 1 heterocycles. The number of aliphatic hydroxyl groups is 1. The number of rotatable bonds is 6. The van der Waals surface area contributed by atoms with Crippen LogP contribution >= 0.6 is 0 Å². The Hall–Kier alpha value is -2.22. The van der Waals surface area contributed by atoms with E-state index in [1.165, 1.54) is 0 Å². The van der Waals surface area contributed by atoms with Gasteiger partial charge in [-0.2, -0.15) is 0 Å². The van der Waals surface area contributed by atoms with Gasteiger partial charge < -0.3 is 15.6 Å². The van der Waals surface area contributed by atoms with Crippen molar-refractivity contribution >= 4 is 15.7 Å². The maximum atomic E-state index is 12.4. The van der Waals surface area contributed by atoms with E-state index in [9.17, 15) is 18.3 Å². The van der Waals surface area contributed by atoms with Crippen molar-refractivity contribution < 1.29 is 23.1 Å². The first-order valence-corrected chi connectivity index (χ1v) is 11.4. The van der Waals surface area contributed by atoms with Crippen molar-refractivity contribution in [2.75, 3.05) is 19.0 Å². The highest BCUT2D eigenvalue weighted by atomic mass is 32.2. The normalized spacial score (nSPS) is 22.6. The Bertz CT molecular complexity index is 985. The lowest BCUT2D eigenvalue weighted by Crippen LogP contribution is -2.46. The summed E-state index contributed by atoms with van der Waals surface area (Å²) in [6.45, 7) is 3.84. The molecular weight excluding hydrogens is 390 g/mol. The number of nitrogens with two attached hydrogens (primary N) is 1. The van der Waals surface area contributed by atoms with Crippen molar-refractivity contribution in [2.24, 2.45) is 11.7 Å². The monoisotopic (exact) mass is 417 g/mol. The van der Waals surface area contributed by atoms with Gasteiger partial charge in [-0.3, -0.25) is 4.79 Å². The van der Waals surface area contributed by atoms with Crippen LogP contribution < -0.4 is 5.73 Å². The van der Waals surface area contributed by atoms with Crippen molar-refractivity contribution in [1.82, 2.24) is 0 Å². The smallest absolute Gasteiger partial charge is 0.249 e. The Labute approximate surface area is 171 Å². The molecule has 0 aliphatic carbocycles. The minimum atomic E-state index is -3.33. The summed E-state index contributed by atoms with van der Waals surface area (Å²) >= 11 is 0. The van der Waals surface area contributed by atoms with Gasteiger partial charge in [-0.15, -0.1) is 0 Å². The number of amides is 1. The minimum absolute atomic E-state index is 0.132. The molecule has 0 radical (unpaired) electrons. The van der Waals surface area contributed by atoms with E-state index in [-0.39, 0.29) is 12.4 Å². The van der Waals surface area contributed by atoms with Crippen molar-refractivity contribution in [1.29, 1.82) is 0 Å². The molecule has 3 rings (SSSR count). The summed E-state index contributed by atoms with van der Waals surface area (Å²) in [7, 11) is -3.33. The summed E-state index contributed by atoms with van der Waals surface area (Å²) in [6.07, 6.45) is 0.322. The Morgan fingerprint density at radius 3 is 2.48 bits per heavy atom. The Morgan fingerprint density at radius 1 is 1.21 bits per heavy atom. The lowest BCUT2D eigenvalue weighted by molar-refractivity contribution is -0.110. The molecule has 0 bridgehead atoms. The molecule has 0 aromatic heterocycles. The van der Waals surface area contributed by atoms with Gasteiger partial charge in [-0.05, 0) is 36.6 Å². The van der Waals surface area contributed by atoms with Crippen molar-refractivity contribution in [2.45, 2.75) is 31.1 Å². The van der Waals surface area contributed by atoms with Crippen LogP contribution in [0.15, 0.2) is 48.5 Å². The van der Waals surface area contributed by atoms with E-state index in [0.717, 1.165) is 5.56 Å².